The molecule has 16 heavy (non-hydrogen) atoms. The summed E-state index contributed by atoms with van der Waals surface area (Å²) >= 11 is 1.96. The first-order valence-corrected chi connectivity index (χ1v) is 8.02. The summed E-state index contributed by atoms with van der Waals surface area (Å²) in [7, 11) is 0. The van der Waals surface area contributed by atoms with Gasteiger partial charge in [0.1, 0.15) is 0 Å². The van der Waals surface area contributed by atoms with Gasteiger partial charge >= 0.3 is 0 Å². The maximum atomic E-state index is 3.72. The first-order chi connectivity index (χ1) is 7.65. The van der Waals surface area contributed by atoms with Crippen molar-refractivity contribution in [3.05, 3.63) is 0 Å². The molecule has 1 saturated heterocycles. The molecular formula is C13H28N2S. The molecule has 1 aliphatic rings. The van der Waals surface area contributed by atoms with Gasteiger partial charge in [0, 0.05) is 24.7 Å². The second kappa shape index (κ2) is 6.87. The molecule has 1 N–H and O–H groups in total. The van der Waals surface area contributed by atoms with Gasteiger partial charge in [0.25, 0.3) is 0 Å². The minimum Gasteiger partial charge on any atom is -0.309 e. The van der Waals surface area contributed by atoms with E-state index in [0.717, 1.165) is 6.04 Å². The number of thioether (sulfide) groups is 1. The lowest BCUT2D eigenvalue weighted by atomic mass is 9.92. The molecule has 0 radical (unpaired) electrons. The number of nitrogens with one attached hydrogen (secondary N) is 1. The van der Waals surface area contributed by atoms with Crippen molar-refractivity contribution in [1.29, 1.82) is 0 Å². The number of nitrogens with zero attached hydrogens (tertiary/aromatic N) is 1. The second-order valence-corrected chi connectivity index (χ2v) is 6.16. The van der Waals surface area contributed by atoms with Gasteiger partial charge in [-0.3, -0.25) is 4.90 Å². The summed E-state index contributed by atoms with van der Waals surface area (Å²) in [6, 6.07) is 0.751. The zero-order valence-corrected chi connectivity index (χ0v) is 12.2. The van der Waals surface area contributed by atoms with Crippen LogP contribution in [0.3, 0.4) is 0 Å². The average molecular weight is 244 g/mol. The number of rotatable bonds is 6. The summed E-state index contributed by atoms with van der Waals surface area (Å²) in [5.74, 6) is 1.29. The van der Waals surface area contributed by atoms with E-state index in [1.54, 1.807) is 0 Å². The van der Waals surface area contributed by atoms with Crippen molar-refractivity contribution >= 4 is 11.8 Å². The predicted molar refractivity (Wildman–Crippen MR) is 75.3 cm³/mol. The minimum absolute atomic E-state index is 0.338. The van der Waals surface area contributed by atoms with E-state index in [-0.39, 0.29) is 0 Å². The summed E-state index contributed by atoms with van der Waals surface area (Å²) in [4.78, 5) is 2.70. The van der Waals surface area contributed by atoms with Crippen LogP contribution in [0.4, 0.5) is 0 Å². The molecule has 96 valence electrons. The van der Waals surface area contributed by atoms with Crippen LogP contribution >= 0.6 is 11.8 Å². The smallest absolute Gasteiger partial charge is 0.0278 e. The maximum Gasteiger partial charge on any atom is 0.0278 e. The molecule has 1 rings (SSSR count). The fourth-order valence-electron chi connectivity index (χ4n) is 2.44. The molecule has 2 nitrogen and oxygen atoms in total. The molecule has 2 unspecified atom stereocenters. The normalized spacial score (nSPS) is 31.9. The van der Waals surface area contributed by atoms with E-state index in [1.807, 2.05) is 11.8 Å². The van der Waals surface area contributed by atoms with Crippen molar-refractivity contribution in [2.45, 2.75) is 51.6 Å². The quantitative estimate of drug-likeness (QED) is 0.723. The van der Waals surface area contributed by atoms with Gasteiger partial charge in [-0.2, -0.15) is 11.8 Å². The van der Waals surface area contributed by atoms with E-state index in [1.165, 1.54) is 44.6 Å². The summed E-state index contributed by atoms with van der Waals surface area (Å²) in [5, 5.41) is 3.72. The molecule has 0 amide bonds. The highest BCUT2D eigenvalue weighted by atomic mass is 32.2. The lowest BCUT2D eigenvalue weighted by Gasteiger charge is -2.46. The second-order valence-electron chi connectivity index (χ2n) is 5.17. The number of hydrogen-bond donors (Lipinski definition) is 1. The molecule has 0 aromatic rings. The fraction of sp³-hybridized carbons (Fsp3) is 1.00. The van der Waals surface area contributed by atoms with E-state index in [9.17, 15) is 0 Å². The van der Waals surface area contributed by atoms with Crippen molar-refractivity contribution in [3.8, 4) is 0 Å². The topological polar surface area (TPSA) is 15.3 Å². The Hall–Kier alpha value is 0.270. The van der Waals surface area contributed by atoms with Gasteiger partial charge in [-0.25, -0.2) is 0 Å². The number of hydrogen-bond acceptors (Lipinski definition) is 3. The van der Waals surface area contributed by atoms with Gasteiger partial charge < -0.3 is 5.32 Å². The van der Waals surface area contributed by atoms with E-state index in [4.69, 9.17) is 0 Å². The van der Waals surface area contributed by atoms with Crippen LogP contribution in [-0.2, 0) is 0 Å². The molecule has 0 aromatic carbocycles. The Balaban J connectivity index is 2.47. The predicted octanol–water partition coefficient (Wildman–Crippen LogP) is 2.59. The first-order valence-electron chi connectivity index (χ1n) is 6.63. The highest BCUT2D eigenvalue weighted by Gasteiger charge is 2.33. The summed E-state index contributed by atoms with van der Waals surface area (Å²) in [5.41, 5.74) is 0.338. The van der Waals surface area contributed by atoms with Crippen LogP contribution in [0.2, 0.25) is 0 Å². The summed E-state index contributed by atoms with van der Waals surface area (Å²) in [6.45, 7) is 10.6. The van der Waals surface area contributed by atoms with Gasteiger partial charge in [-0.1, -0.05) is 13.8 Å². The van der Waals surface area contributed by atoms with Gasteiger partial charge in [0.15, 0.2) is 0 Å². The third-order valence-electron chi connectivity index (χ3n) is 3.88. The fourth-order valence-corrected chi connectivity index (χ4v) is 2.86. The minimum atomic E-state index is 0.338. The van der Waals surface area contributed by atoms with E-state index in [2.05, 4.69) is 37.2 Å². The van der Waals surface area contributed by atoms with Crippen LogP contribution in [-0.4, -0.2) is 48.1 Å². The highest BCUT2D eigenvalue weighted by Crippen LogP contribution is 2.20. The van der Waals surface area contributed by atoms with Gasteiger partial charge in [0.2, 0.25) is 0 Å². The Morgan fingerprint density at radius 3 is 2.75 bits per heavy atom. The average Bonchev–Trinajstić information content (AvgIpc) is 2.30. The molecule has 2 atom stereocenters. The molecule has 1 fully saturated rings. The zero-order chi connectivity index (χ0) is 12.0. The Morgan fingerprint density at radius 1 is 1.44 bits per heavy atom. The van der Waals surface area contributed by atoms with Crippen LogP contribution in [0, 0.1) is 0 Å². The molecule has 3 heteroatoms. The monoisotopic (exact) mass is 244 g/mol. The molecule has 0 saturated carbocycles. The maximum absolute atomic E-state index is 3.72. The molecule has 1 heterocycles. The highest BCUT2D eigenvalue weighted by molar-refractivity contribution is 7.98. The van der Waals surface area contributed by atoms with Gasteiger partial charge in [-0.05, 0) is 44.7 Å². The molecule has 1 aliphatic heterocycles. The Morgan fingerprint density at radius 2 is 2.19 bits per heavy atom. The van der Waals surface area contributed by atoms with E-state index < -0.39 is 0 Å². The molecular weight excluding hydrogens is 216 g/mol. The Labute approximate surface area is 106 Å². The van der Waals surface area contributed by atoms with Crippen molar-refractivity contribution in [1.82, 2.24) is 10.2 Å². The van der Waals surface area contributed by atoms with Crippen molar-refractivity contribution in [2.24, 2.45) is 0 Å². The summed E-state index contributed by atoms with van der Waals surface area (Å²) in [6.07, 6.45) is 6.03. The molecule has 0 bridgehead atoms. The van der Waals surface area contributed by atoms with Crippen molar-refractivity contribution in [2.75, 3.05) is 31.6 Å². The van der Waals surface area contributed by atoms with Crippen LogP contribution in [0.15, 0.2) is 0 Å². The number of piperazine rings is 1. The first kappa shape index (κ1) is 14.3. The van der Waals surface area contributed by atoms with E-state index in [0.29, 0.717) is 5.54 Å². The third-order valence-corrected chi connectivity index (χ3v) is 4.58. The van der Waals surface area contributed by atoms with Crippen LogP contribution in [0.5, 0.6) is 0 Å². The lowest BCUT2D eigenvalue weighted by molar-refractivity contribution is 0.0825. The van der Waals surface area contributed by atoms with E-state index >= 15 is 0 Å². The standard InChI is InChI=1S/C13H28N2S/c1-5-12-10-14-13(3,6-2)11-15(12)8-7-9-16-4/h12,14H,5-11H2,1-4H3. The molecule has 0 spiro atoms. The van der Waals surface area contributed by atoms with Crippen LogP contribution < -0.4 is 5.32 Å². The van der Waals surface area contributed by atoms with Crippen LogP contribution in [0.1, 0.15) is 40.0 Å². The van der Waals surface area contributed by atoms with Gasteiger partial charge in [0.05, 0.1) is 0 Å². The van der Waals surface area contributed by atoms with Crippen molar-refractivity contribution in [3.63, 3.8) is 0 Å². The SMILES string of the molecule is CCC1CNC(C)(CC)CN1CCCSC. The van der Waals surface area contributed by atoms with Gasteiger partial charge in [-0.15, -0.1) is 0 Å². The van der Waals surface area contributed by atoms with Crippen LogP contribution in [0.25, 0.3) is 0 Å². The lowest BCUT2D eigenvalue weighted by Crippen LogP contribution is -2.62. The van der Waals surface area contributed by atoms with Crippen molar-refractivity contribution < 1.29 is 0 Å². The summed E-state index contributed by atoms with van der Waals surface area (Å²) < 4.78 is 0. The zero-order valence-electron chi connectivity index (χ0n) is 11.4. The molecule has 0 aromatic heterocycles. The third kappa shape index (κ3) is 3.94. The Bertz CT molecular complexity index is 198. The largest absolute Gasteiger partial charge is 0.309 e. The molecule has 0 aliphatic carbocycles. The Kier molecular flexibility index (Phi) is 6.16.